The van der Waals surface area contributed by atoms with E-state index in [1.54, 1.807) is 0 Å². The highest BCUT2D eigenvalue weighted by Gasteiger charge is 2.35. The van der Waals surface area contributed by atoms with E-state index in [0.717, 1.165) is 24.5 Å². The van der Waals surface area contributed by atoms with Gasteiger partial charge in [-0.2, -0.15) is 0 Å². The Morgan fingerprint density at radius 2 is 1.95 bits per heavy atom. The summed E-state index contributed by atoms with van der Waals surface area (Å²) in [5.74, 6) is 0.728. The molecule has 0 atom stereocenters. The number of carbonyl (C=O) groups excluding carboxylic acids is 1. The molecular weight excluding hydrogens is 278 g/mol. The van der Waals surface area contributed by atoms with E-state index >= 15 is 0 Å². The molecule has 2 saturated heterocycles. The van der Waals surface area contributed by atoms with Gasteiger partial charge in [0.05, 0.1) is 12.3 Å². The van der Waals surface area contributed by atoms with Gasteiger partial charge in [-0.25, -0.2) is 4.79 Å². The van der Waals surface area contributed by atoms with Gasteiger partial charge >= 0.3 is 6.03 Å². The molecule has 2 amide bonds. The average molecular weight is 303 g/mol. The van der Waals surface area contributed by atoms with Crippen LogP contribution >= 0.6 is 0 Å². The highest BCUT2D eigenvalue weighted by Crippen LogP contribution is 2.25. The third kappa shape index (κ3) is 3.35. The lowest BCUT2D eigenvalue weighted by molar-refractivity contribution is 0.0493. The largest absolute Gasteiger partial charge is 0.492 e. The molecule has 0 unspecified atom stereocenters. The van der Waals surface area contributed by atoms with Gasteiger partial charge in [-0.1, -0.05) is 18.6 Å². The first-order valence-corrected chi connectivity index (χ1v) is 8.29. The van der Waals surface area contributed by atoms with Crippen molar-refractivity contribution in [3.8, 4) is 5.75 Å². The highest BCUT2D eigenvalue weighted by atomic mass is 16.5. The Morgan fingerprint density at radius 1 is 1.23 bits per heavy atom. The number of nitrogens with one attached hydrogen (secondary N) is 1. The van der Waals surface area contributed by atoms with Crippen LogP contribution < -0.4 is 10.1 Å². The normalized spacial score (nSPS) is 19.6. The predicted molar refractivity (Wildman–Crippen MR) is 87.4 cm³/mol. The smallest absolute Gasteiger partial charge is 0.322 e. The van der Waals surface area contributed by atoms with E-state index in [4.69, 9.17) is 4.74 Å². The Hall–Kier alpha value is -1.75. The highest BCUT2D eigenvalue weighted by molar-refractivity contribution is 5.91. The number of hydrogen-bond acceptors (Lipinski definition) is 3. The van der Waals surface area contributed by atoms with Crippen LogP contribution in [0.3, 0.4) is 0 Å². The summed E-state index contributed by atoms with van der Waals surface area (Å²) < 4.78 is 5.54. The minimum atomic E-state index is -0.0274. The first-order valence-electron chi connectivity index (χ1n) is 8.29. The van der Waals surface area contributed by atoms with Crippen LogP contribution in [0.2, 0.25) is 0 Å². The number of hydrogen-bond donors (Lipinski definition) is 1. The molecule has 0 aromatic heterocycles. The number of piperidine rings is 1. The number of ether oxygens (including phenoxy) is 1. The van der Waals surface area contributed by atoms with Crippen molar-refractivity contribution >= 4 is 11.7 Å². The number of benzene rings is 1. The molecule has 0 aliphatic carbocycles. The number of urea groups is 1. The van der Waals surface area contributed by atoms with Crippen molar-refractivity contribution in [1.29, 1.82) is 0 Å². The molecule has 1 aromatic rings. The first-order chi connectivity index (χ1) is 10.8. The second kappa shape index (κ2) is 7.01. The van der Waals surface area contributed by atoms with Crippen molar-refractivity contribution in [2.45, 2.75) is 32.2 Å². The van der Waals surface area contributed by atoms with Crippen LogP contribution in [0.4, 0.5) is 10.5 Å². The van der Waals surface area contributed by atoms with Crippen molar-refractivity contribution < 1.29 is 9.53 Å². The minimum Gasteiger partial charge on any atom is -0.492 e. The Balaban J connectivity index is 1.51. The number of amides is 2. The van der Waals surface area contributed by atoms with Gasteiger partial charge in [0, 0.05) is 19.1 Å². The topological polar surface area (TPSA) is 44.8 Å². The summed E-state index contributed by atoms with van der Waals surface area (Å²) in [5, 5.41) is 2.96. The third-order valence-corrected chi connectivity index (χ3v) is 4.49. The van der Waals surface area contributed by atoms with Gasteiger partial charge in [-0.05, 0) is 45.0 Å². The molecule has 0 spiro atoms. The maximum absolute atomic E-state index is 12.3. The Kier molecular flexibility index (Phi) is 4.83. The Morgan fingerprint density at radius 3 is 2.68 bits per heavy atom. The number of anilines is 1. The molecular formula is C17H25N3O2. The molecule has 0 saturated carbocycles. The fraction of sp³-hybridized carbons (Fsp3) is 0.588. The molecule has 1 aromatic carbocycles. The van der Waals surface area contributed by atoms with Gasteiger partial charge in [0.1, 0.15) is 5.75 Å². The van der Waals surface area contributed by atoms with E-state index in [0.29, 0.717) is 12.6 Å². The number of carbonyl (C=O) groups is 1. The Bertz CT molecular complexity index is 508. The monoisotopic (exact) mass is 303 g/mol. The quantitative estimate of drug-likeness (QED) is 0.930. The van der Waals surface area contributed by atoms with Crippen LogP contribution in [0.25, 0.3) is 0 Å². The third-order valence-electron chi connectivity index (χ3n) is 4.49. The molecule has 3 rings (SSSR count). The van der Waals surface area contributed by atoms with E-state index in [9.17, 15) is 4.79 Å². The van der Waals surface area contributed by atoms with Crippen molar-refractivity contribution in [2.75, 3.05) is 38.1 Å². The Labute approximate surface area is 132 Å². The van der Waals surface area contributed by atoms with Gasteiger partial charge in [0.2, 0.25) is 0 Å². The second-order valence-corrected chi connectivity index (χ2v) is 6.01. The predicted octanol–water partition coefficient (Wildman–Crippen LogP) is 2.79. The molecule has 0 radical (unpaired) electrons. The number of para-hydroxylation sites is 2. The average Bonchev–Trinajstić information content (AvgIpc) is 2.49. The number of nitrogens with zero attached hydrogens (tertiary/aromatic N) is 2. The molecule has 0 bridgehead atoms. The molecule has 2 aliphatic rings. The van der Waals surface area contributed by atoms with E-state index in [2.05, 4.69) is 10.2 Å². The summed E-state index contributed by atoms with van der Waals surface area (Å²) in [5.41, 5.74) is 0.746. The van der Waals surface area contributed by atoms with Gasteiger partial charge in [-0.15, -0.1) is 0 Å². The standard InChI is InChI=1S/C17H25N3O2/c1-2-22-16-9-5-4-8-15(16)18-17(21)20-12-14(13-20)19-10-6-3-7-11-19/h4-5,8-9,14H,2-3,6-7,10-13H2,1H3,(H,18,21). The maximum Gasteiger partial charge on any atom is 0.322 e. The van der Waals surface area contributed by atoms with E-state index in [-0.39, 0.29) is 6.03 Å². The molecule has 1 N–H and O–H groups in total. The molecule has 120 valence electrons. The second-order valence-electron chi connectivity index (χ2n) is 6.01. The summed E-state index contributed by atoms with van der Waals surface area (Å²) in [6.07, 6.45) is 3.94. The van der Waals surface area contributed by atoms with Crippen LogP contribution in [-0.2, 0) is 0 Å². The summed E-state index contributed by atoms with van der Waals surface area (Å²) in [6.45, 7) is 6.58. The summed E-state index contributed by atoms with van der Waals surface area (Å²) in [4.78, 5) is 16.7. The lowest BCUT2D eigenvalue weighted by Gasteiger charge is -2.46. The number of rotatable bonds is 4. The minimum absolute atomic E-state index is 0.0274. The summed E-state index contributed by atoms with van der Waals surface area (Å²) in [7, 11) is 0. The van der Waals surface area contributed by atoms with Crippen LogP contribution in [-0.4, -0.2) is 54.7 Å². The zero-order valence-corrected chi connectivity index (χ0v) is 13.3. The first kappa shape index (κ1) is 15.2. The fourth-order valence-electron chi connectivity index (χ4n) is 3.18. The van der Waals surface area contributed by atoms with E-state index in [1.165, 1.54) is 32.4 Å². The molecule has 2 aliphatic heterocycles. The van der Waals surface area contributed by atoms with Crippen LogP contribution in [0.5, 0.6) is 5.75 Å². The number of likely N-dealkylation sites (tertiary alicyclic amines) is 2. The van der Waals surface area contributed by atoms with Crippen LogP contribution in [0, 0.1) is 0 Å². The lowest BCUT2D eigenvalue weighted by Crippen LogP contribution is -2.62. The zero-order valence-electron chi connectivity index (χ0n) is 13.3. The van der Waals surface area contributed by atoms with E-state index < -0.39 is 0 Å². The van der Waals surface area contributed by atoms with E-state index in [1.807, 2.05) is 36.1 Å². The van der Waals surface area contributed by atoms with Gasteiger partial charge in [-0.3, -0.25) is 4.90 Å². The molecule has 5 nitrogen and oxygen atoms in total. The fourth-order valence-corrected chi connectivity index (χ4v) is 3.18. The molecule has 5 heteroatoms. The van der Waals surface area contributed by atoms with Crippen molar-refractivity contribution in [3.63, 3.8) is 0 Å². The van der Waals surface area contributed by atoms with Crippen molar-refractivity contribution in [2.24, 2.45) is 0 Å². The van der Waals surface area contributed by atoms with Gasteiger partial charge < -0.3 is 15.0 Å². The molecule has 2 heterocycles. The zero-order chi connectivity index (χ0) is 15.4. The molecule has 2 fully saturated rings. The van der Waals surface area contributed by atoms with Gasteiger partial charge in [0.15, 0.2) is 0 Å². The molecule has 22 heavy (non-hydrogen) atoms. The lowest BCUT2D eigenvalue weighted by atomic mass is 10.0. The summed E-state index contributed by atoms with van der Waals surface area (Å²) >= 11 is 0. The maximum atomic E-state index is 12.3. The van der Waals surface area contributed by atoms with Gasteiger partial charge in [0.25, 0.3) is 0 Å². The van der Waals surface area contributed by atoms with Crippen molar-refractivity contribution in [1.82, 2.24) is 9.80 Å². The van der Waals surface area contributed by atoms with Crippen LogP contribution in [0.15, 0.2) is 24.3 Å². The van der Waals surface area contributed by atoms with Crippen LogP contribution in [0.1, 0.15) is 26.2 Å². The SMILES string of the molecule is CCOc1ccccc1NC(=O)N1CC(N2CCCCC2)C1. The summed E-state index contributed by atoms with van der Waals surface area (Å²) in [6, 6.07) is 8.10. The van der Waals surface area contributed by atoms with Crippen molar-refractivity contribution in [3.05, 3.63) is 24.3 Å².